The highest BCUT2D eigenvalue weighted by Gasteiger charge is 2.12. The summed E-state index contributed by atoms with van der Waals surface area (Å²) in [6.45, 7) is 4.77. The molecule has 0 saturated carbocycles. The van der Waals surface area contributed by atoms with Crippen LogP contribution in [0.1, 0.15) is 19.4 Å². The maximum atomic E-state index is 11.1. The van der Waals surface area contributed by atoms with Crippen LogP contribution in [-0.4, -0.2) is 19.1 Å². The van der Waals surface area contributed by atoms with Crippen molar-refractivity contribution in [2.75, 3.05) is 13.2 Å². The van der Waals surface area contributed by atoms with E-state index >= 15 is 0 Å². The van der Waals surface area contributed by atoms with Crippen LogP contribution in [0.4, 0.5) is 0 Å². The summed E-state index contributed by atoms with van der Waals surface area (Å²) >= 11 is 2.12. The largest absolute Gasteiger partial charge is 0.490 e. The Hall–Kier alpha value is -1.75. The summed E-state index contributed by atoms with van der Waals surface area (Å²) < 4.78 is 11.9. The number of benzene rings is 1. The van der Waals surface area contributed by atoms with Gasteiger partial charge in [-0.1, -0.05) is 0 Å². The summed E-state index contributed by atoms with van der Waals surface area (Å²) in [5.41, 5.74) is 5.68. The number of primary amides is 1. The van der Waals surface area contributed by atoms with Crippen LogP contribution < -0.4 is 15.2 Å². The van der Waals surface area contributed by atoms with E-state index in [9.17, 15) is 4.79 Å². The van der Waals surface area contributed by atoms with Crippen molar-refractivity contribution in [1.82, 2.24) is 0 Å². The zero-order chi connectivity index (χ0) is 15.1. The third-order valence-electron chi connectivity index (χ3n) is 2.32. The van der Waals surface area contributed by atoms with Crippen molar-refractivity contribution in [1.29, 1.82) is 5.26 Å². The molecule has 0 saturated heterocycles. The van der Waals surface area contributed by atoms with Gasteiger partial charge in [0.05, 0.1) is 16.8 Å². The van der Waals surface area contributed by atoms with Crippen molar-refractivity contribution in [2.24, 2.45) is 5.73 Å². The minimum absolute atomic E-state index is 0.104. The number of nitrogens with zero attached hydrogens (tertiary/aromatic N) is 1. The van der Waals surface area contributed by atoms with Crippen molar-refractivity contribution in [3.05, 3.63) is 26.8 Å². The molecule has 0 aliphatic heterocycles. The Morgan fingerprint density at radius 3 is 2.55 bits per heavy atom. The maximum absolute atomic E-state index is 11.1. The second kappa shape index (κ2) is 7.75. The molecule has 0 spiro atoms. The predicted molar refractivity (Wildman–Crippen MR) is 84.3 cm³/mol. The minimum Gasteiger partial charge on any atom is -0.490 e. The number of carbonyl (C=O) groups is 1. The van der Waals surface area contributed by atoms with Crippen LogP contribution >= 0.6 is 22.6 Å². The Kier molecular flexibility index (Phi) is 6.31. The van der Waals surface area contributed by atoms with E-state index in [0.717, 1.165) is 3.57 Å². The van der Waals surface area contributed by atoms with E-state index < -0.39 is 5.91 Å². The van der Waals surface area contributed by atoms with E-state index in [1.807, 2.05) is 13.8 Å². The van der Waals surface area contributed by atoms with Gasteiger partial charge < -0.3 is 15.2 Å². The lowest BCUT2D eigenvalue weighted by Crippen LogP contribution is -2.12. The maximum Gasteiger partial charge on any atom is 0.259 e. The number of halogens is 1. The average molecular weight is 386 g/mol. The topological polar surface area (TPSA) is 85.3 Å². The SMILES string of the molecule is CCOc1cc(/C=C(\C#N)C(N)=O)cc(I)c1OCC. The van der Waals surface area contributed by atoms with E-state index in [-0.39, 0.29) is 5.57 Å². The van der Waals surface area contributed by atoms with E-state index in [1.165, 1.54) is 6.08 Å². The highest BCUT2D eigenvalue weighted by Crippen LogP contribution is 2.34. The molecule has 6 heteroatoms. The molecule has 2 N–H and O–H groups in total. The van der Waals surface area contributed by atoms with Gasteiger partial charge in [-0.25, -0.2) is 0 Å². The number of ether oxygens (including phenoxy) is 2. The van der Waals surface area contributed by atoms with Crippen LogP contribution in [-0.2, 0) is 4.79 Å². The highest BCUT2D eigenvalue weighted by atomic mass is 127. The molecule has 1 aromatic carbocycles. The van der Waals surface area contributed by atoms with Crippen molar-refractivity contribution in [3.63, 3.8) is 0 Å². The molecule has 0 aliphatic rings. The van der Waals surface area contributed by atoms with Crippen molar-refractivity contribution < 1.29 is 14.3 Å². The normalized spacial score (nSPS) is 10.8. The molecule has 1 amide bonds. The number of nitrogens with two attached hydrogens (primary N) is 1. The lowest BCUT2D eigenvalue weighted by molar-refractivity contribution is -0.114. The standard InChI is InChI=1S/C14H15IN2O3/c1-3-19-12-7-9(5-10(8-16)14(17)18)6-11(15)13(12)20-4-2/h5-7H,3-4H2,1-2H3,(H2,17,18)/b10-5+. The molecule has 0 aromatic heterocycles. The average Bonchev–Trinajstić information content (AvgIpc) is 2.40. The first-order valence-corrected chi connectivity index (χ1v) is 7.12. The molecule has 0 fully saturated rings. The first-order chi connectivity index (χ1) is 9.53. The van der Waals surface area contributed by atoms with Gasteiger partial charge in [0.2, 0.25) is 0 Å². The number of rotatable bonds is 6. The third kappa shape index (κ3) is 4.13. The van der Waals surface area contributed by atoms with Crippen LogP contribution in [0.2, 0.25) is 0 Å². The summed E-state index contributed by atoms with van der Waals surface area (Å²) in [6, 6.07) is 5.29. The molecule has 5 nitrogen and oxygen atoms in total. The van der Waals surface area contributed by atoms with Gasteiger partial charge in [-0.3, -0.25) is 4.79 Å². The van der Waals surface area contributed by atoms with E-state index in [0.29, 0.717) is 30.3 Å². The molecule has 20 heavy (non-hydrogen) atoms. The number of hydrogen-bond donors (Lipinski definition) is 1. The molecule has 0 radical (unpaired) electrons. The highest BCUT2D eigenvalue weighted by molar-refractivity contribution is 14.1. The quantitative estimate of drug-likeness (QED) is 0.463. The van der Waals surface area contributed by atoms with E-state index in [4.69, 9.17) is 20.5 Å². The van der Waals surface area contributed by atoms with Gasteiger partial charge in [-0.05, 0) is 60.2 Å². The molecule has 0 aliphatic carbocycles. The molecular weight excluding hydrogens is 371 g/mol. The Balaban J connectivity index is 3.31. The molecule has 0 atom stereocenters. The minimum atomic E-state index is -0.755. The summed E-state index contributed by atoms with van der Waals surface area (Å²) in [5.74, 6) is 0.480. The lowest BCUT2D eigenvalue weighted by Gasteiger charge is -2.13. The van der Waals surface area contributed by atoms with Crippen molar-refractivity contribution in [3.8, 4) is 17.6 Å². The van der Waals surface area contributed by atoms with Crippen molar-refractivity contribution in [2.45, 2.75) is 13.8 Å². The fourth-order valence-corrected chi connectivity index (χ4v) is 2.32. The van der Waals surface area contributed by atoms with Gasteiger partial charge in [0, 0.05) is 0 Å². The van der Waals surface area contributed by atoms with Crippen LogP contribution in [0.3, 0.4) is 0 Å². The smallest absolute Gasteiger partial charge is 0.259 e. The fraction of sp³-hybridized carbons (Fsp3) is 0.286. The molecule has 0 unspecified atom stereocenters. The number of amides is 1. The van der Waals surface area contributed by atoms with E-state index in [2.05, 4.69) is 22.6 Å². The number of hydrogen-bond acceptors (Lipinski definition) is 4. The number of nitriles is 1. The Bertz CT molecular complexity index is 577. The fourth-order valence-electron chi connectivity index (χ4n) is 1.54. The first-order valence-electron chi connectivity index (χ1n) is 6.04. The second-order valence-corrected chi connectivity index (χ2v) is 4.89. The predicted octanol–water partition coefficient (Wildman–Crippen LogP) is 2.48. The van der Waals surface area contributed by atoms with Gasteiger partial charge in [-0.15, -0.1) is 0 Å². The van der Waals surface area contributed by atoms with Crippen LogP contribution in [0.25, 0.3) is 6.08 Å². The van der Waals surface area contributed by atoms with Gasteiger partial charge in [0.15, 0.2) is 11.5 Å². The third-order valence-corrected chi connectivity index (χ3v) is 3.12. The molecule has 0 bridgehead atoms. The summed E-state index contributed by atoms with van der Waals surface area (Å²) in [6.07, 6.45) is 1.43. The van der Waals surface area contributed by atoms with E-state index in [1.54, 1.807) is 18.2 Å². The molecule has 0 heterocycles. The molecule has 1 rings (SSSR count). The van der Waals surface area contributed by atoms with Gasteiger partial charge in [0.25, 0.3) is 5.91 Å². The van der Waals surface area contributed by atoms with Gasteiger partial charge >= 0.3 is 0 Å². The molecular formula is C14H15IN2O3. The van der Waals surface area contributed by atoms with Gasteiger partial charge in [-0.2, -0.15) is 5.26 Å². The summed E-state index contributed by atoms with van der Waals surface area (Å²) in [4.78, 5) is 11.1. The monoisotopic (exact) mass is 386 g/mol. The summed E-state index contributed by atoms with van der Waals surface area (Å²) in [7, 11) is 0. The lowest BCUT2D eigenvalue weighted by atomic mass is 10.1. The summed E-state index contributed by atoms with van der Waals surface area (Å²) in [5, 5.41) is 8.86. The van der Waals surface area contributed by atoms with Crippen LogP contribution in [0, 0.1) is 14.9 Å². The number of carbonyl (C=O) groups excluding carboxylic acids is 1. The van der Waals surface area contributed by atoms with Crippen LogP contribution in [0.15, 0.2) is 17.7 Å². The molecule has 1 aromatic rings. The Morgan fingerprint density at radius 2 is 2.05 bits per heavy atom. The van der Waals surface area contributed by atoms with Crippen molar-refractivity contribution >= 4 is 34.6 Å². The van der Waals surface area contributed by atoms with Crippen LogP contribution in [0.5, 0.6) is 11.5 Å². The zero-order valence-corrected chi connectivity index (χ0v) is 13.4. The van der Waals surface area contributed by atoms with Gasteiger partial charge in [0.1, 0.15) is 11.6 Å². The Morgan fingerprint density at radius 1 is 1.40 bits per heavy atom. The Labute approximate surface area is 131 Å². The second-order valence-electron chi connectivity index (χ2n) is 3.73. The first kappa shape index (κ1) is 16.3. The molecule has 106 valence electrons. The zero-order valence-electron chi connectivity index (χ0n) is 11.3.